The van der Waals surface area contributed by atoms with Crippen LogP contribution in [0.3, 0.4) is 0 Å². The molecular weight excluding hydrogens is 244 g/mol. The summed E-state index contributed by atoms with van der Waals surface area (Å²) in [6.45, 7) is 10.1. The zero-order valence-corrected chi connectivity index (χ0v) is 12.8. The molecule has 1 heterocycles. The molecule has 1 aliphatic heterocycles. The van der Waals surface area contributed by atoms with E-state index in [0.29, 0.717) is 18.9 Å². The lowest BCUT2D eigenvalue weighted by molar-refractivity contribution is -0.157. The lowest BCUT2D eigenvalue weighted by atomic mass is 9.93. The van der Waals surface area contributed by atoms with E-state index >= 15 is 0 Å². The molecule has 0 aromatic rings. The Hall–Kier alpha value is -1.10. The maximum absolute atomic E-state index is 12.6. The van der Waals surface area contributed by atoms with Crippen molar-refractivity contribution in [2.75, 3.05) is 13.7 Å². The van der Waals surface area contributed by atoms with E-state index in [0.717, 1.165) is 0 Å². The second-order valence-corrected chi connectivity index (χ2v) is 6.32. The molecule has 1 saturated heterocycles. The maximum Gasteiger partial charge on any atom is 0.246 e. The van der Waals surface area contributed by atoms with E-state index in [9.17, 15) is 9.59 Å². The second kappa shape index (κ2) is 5.90. The number of rotatable bonds is 5. The van der Waals surface area contributed by atoms with Crippen molar-refractivity contribution in [3.63, 3.8) is 0 Å². The first kappa shape index (κ1) is 16.0. The number of nitrogens with zero attached hydrogens (tertiary/aromatic N) is 1. The first-order chi connectivity index (χ1) is 8.70. The van der Waals surface area contributed by atoms with E-state index in [-0.39, 0.29) is 11.8 Å². The van der Waals surface area contributed by atoms with Crippen LogP contribution < -0.4 is 5.32 Å². The van der Waals surface area contributed by atoms with Gasteiger partial charge >= 0.3 is 0 Å². The predicted molar refractivity (Wildman–Crippen MR) is 73.6 cm³/mol. The van der Waals surface area contributed by atoms with Gasteiger partial charge in [-0.3, -0.25) is 9.59 Å². The average Bonchev–Trinajstić information content (AvgIpc) is 2.25. The van der Waals surface area contributed by atoms with Gasteiger partial charge in [-0.05, 0) is 33.1 Å². The molecule has 5 heteroatoms. The predicted octanol–water partition coefficient (Wildman–Crippen LogP) is 1.17. The van der Waals surface area contributed by atoms with Crippen molar-refractivity contribution in [3.05, 3.63) is 0 Å². The smallest absolute Gasteiger partial charge is 0.246 e. The number of ether oxygens (including phenoxy) is 1. The number of hydrogen-bond donors (Lipinski definition) is 1. The fourth-order valence-corrected chi connectivity index (χ4v) is 2.71. The molecular formula is C14H26N2O3. The van der Waals surface area contributed by atoms with E-state index < -0.39 is 17.6 Å². The normalized spacial score (nSPS) is 24.9. The molecule has 2 unspecified atom stereocenters. The van der Waals surface area contributed by atoms with Crippen LogP contribution in [0.2, 0.25) is 0 Å². The van der Waals surface area contributed by atoms with E-state index in [1.54, 1.807) is 18.9 Å². The lowest BCUT2D eigenvalue weighted by Gasteiger charge is -2.46. The van der Waals surface area contributed by atoms with Gasteiger partial charge in [-0.1, -0.05) is 13.8 Å². The van der Waals surface area contributed by atoms with E-state index in [4.69, 9.17) is 4.74 Å². The third-order valence-electron chi connectivity index (χ3n) is 3.48. The van der Waals surface area contributed by atoms with Crippen LogP contribution in [0, 0.1) is 5.92 Å². The molecule has 0 aromatic carbocycles. The Bertz CT molecular complexity index is 353. The number of hydrogen-bond acceptors (Lipinski definition) is 3. The minimum Gasteiger partial charge on any atom is -0.382 e. The van der Waals surface area contributed by atoms with E-state index in [2.05, 4.69) is 5.32 Å². The van der Waals surface area contributed by atoms with Crippen LogP contribution in [0.5, 0.6) is 0 Å². The van der Waals surface area contributed by atoms with Gasteiger partial charge in [0.15, 0.2) is 0 Å². The Morgan fingerprint density at radius 2 is 1.95 bits per heavy atom. The van der Waals surface area contributed by atoms with Gasteiger partial charge in [0, 0.05) is 7.11 Å². The number of piperazine rings is 1. The Balaban J connectivity index is 2.99. The van der Waals surface area contributed by atoms with Crippen LogP contribution in [-0.2, 0) is 14.3 Å². The van der Waals surface area contributed by atoms with E-state index in [1.807, 2.05) is 27.7 Å². The third kappa shape index (κ3) is 3.47. The minimum atomic E-state index is -0.488. The molecule has 110 valence electrons. The van der Waals surface area contributed by atoms with Gasteiger partial charge in [0.1, 0.15) is 12.1 Å². The van der Waals surface area contributed by atoms with Crippen LogP contribution in [0.25, 0.3) is 0 Å². The van der Waals surface area contributed by atoms with Crippen molar-refractivity contribution in [1.29, 1.82) is 0 Å². The van der Waals surface area contributed by atoms with Gasteiger partial charge < -0.3 is 15.0 Å². The van der Waals surface area contributed by atoms with Gasteiger partial charge in [-0.2, -0.15) is 0 Å². The fourth-order valence-electron chi connectivity index (χ4n) is 2.71. The zero-order chi connectivity index (χ0) is 14.8. The number of nitrogens with one attached hydrogen (secondary N) is 1. The highest BCUT2D eigenvalue weighted by Gasteiger charge is 2.44. The molecule has 2 amide bonds. The highest BCUT2D eigenvalue weighted by Crippen LogP contribution is 2.24. The minimum absolute atomic E-state index is 0.0112. The average molecular weight is 270 g/mol. The summed E-state index contributed by atoms with van der Waals surface area (Å²) in [7, 11) is 1.60. The molecule has 0 bridgehead atoms. The Kier molecular flexibility index (Phi) is 4.96. The van der Waals surface area contributed by atoms with Gasteiger partial charge in [0.05, 0.1) is 12.1 Å². The topological polar surface area (TPSA) is 58.6 Å². The number of carbonyl (C=O) groups excluding carboxylic acids is 2. The van der Waals surface area contributed by atoms with Gasteiger partial charge in [-0.15, -0.1) is 0 Å². The molecule has 1 aliphatic rings. The van der Waals surface area contributed by atoms with Crippen LogP contribution in [-0.4, -0.2) is 48.1 Å². The molecule has 5 nitrogen and oxygen atoms in total. The lowest BCUT2D eigenvalue weighted by Crippen LogP contribution is -2.68. The van der Waals surface area contributed by atoms with Crippen LogP contribution in [0.15, 0.2) is 0 Å². The van der Waals surface area contributed by atoms with Crippen LogP contribution >= 0.6 is 0 Å². The maximum atomic E-state index is 12.6. The number of amides is 2. The van der Waals surface area contributed by atoms with E-state index in [1.165, 1.54) is 0 Å². The van der Waals surface area contributed by atoms with Gasteiger partial charge in [0.2, 0.25) is 11.8 Å². The number of carbonyl (C=O) groups is 2. The van der Waals surface area contributed by atoms with Crippen molar-refractivity contribution in [1.82, 2.24) is 10.2 Å². The second-order valence-electron chi connectivity index (χ2n) is 6.32. The Labute approximate surface area is 115 Å². The van der Waals surface area contributed by atoms with Crippen molar-refractivity contribution in [2.24, 2.45) is 5.92 Å². The fraction of sp³-hybridized carbons (Fsp3) is 0.857. The molecule has 2 atom stereocenters. The molecule has 1 N–H and O–H groups in total. The molecule has 0 aliphatic carbocycles. The van der Waals surface area contributed by atoms with Crippen molar-refractivity contribution in [3.8, 4) is 0 Å². The van der Waals surface area contributed by atoms with Gasteiger partial charge in [0.25, 0.3) is 0 Å². The first-order valence-corrected chi connectivity index (χ1v) is 6.83. The molecule has 19 heavy (non-hydrogen) atoms. The summed E-state index contributed by atoms with van der Waals surface area (Å²) in [5, 5.41) is 2.82. The third-order valence-corrected chi connectivity index (χ3v) is 3.48. The summed E-state index contributed by atoms with van der Waals surface area (Å²) < 4.78 is 5.18. The Morgan fingerprint density at radius 3 is 2.42 bits per heavy atom. The summed E-state index contributed by atoms with van der Waals surface area (Å²) >= 11 is 0. The molecule has 1 fully saturated rings. The molecule has 0 radical (unpaired) electrons. The molecule has 0 aromatic heterocycles. The summed E-state index contributed by atoms with van der Waals surface area (Å²) in [5.74, 6) is 0.257. The SMILES string of the molecule is COCC(C)(C)N1C(=O)C(CC(C)C)NC(=O)C1C. The highest BCUT2D eigenvalue weighted by molar-refractivity contribution is 5.97. The standard InChI is InChI=1S/C14H26N2O3/c1-9(2)7-11-13(18)16(10(3)12(17)15-11)14(4,5)8-19-6/h9-11H,7-8H2,1-6H3,(H,15,17). The van der Waals surface area contributed by atoms with Gasteiger partial charge in [-0.25, -0.2) is 0 Å². The van der Waals surface area contributed by atoms with Crippen LogP contribution in [0.4, 0.5) is 0 Å². The highest BCUT2D eigenvalue weighted by atomic mass is 16.5. The van der Waals surface area contributed by atoms with Crippen molar-refractivity contribution in [2.45, 2.75) is 58.7 Å². The summed E-state index contributed by atoms with van der Waals surface area (Å²) in [4.78, 5) is 26.3. The molecule has 0 saturated carbocycles. The zero-order valence-electron chi connectivity index (χ0n) is 12.8. The number of methoxy groups -OCH3 is 1. The largest absolute Gasteiger partial charge is 0.382 e. The molecule has 1 rings (SSSR count). The summed E-state index contributed by atoms with van der Waals surface area (Å²) in [6, 6.07) is -0.874. The van der Waals surface area contributed by atoms with Crippen molar-refractivity contribution < 1.29 is 14.3 Å². The van der Waals surface area contributed by atoms with Crippen LogP contribution in [0.1, 0.15) is 41.0 Å². The summed E-state index contributed by atoms with van der Waals surface area (Å²) in [5.41, 5.74) is -0.488. The Morgan fingerprint density at radius 1 is 1.37 bits per heavy atom. The molecule has 0 spiro atoms. The monoisotopic (exact) mass is 270 g/mol. The quantitative estimate of drug-likeness (QED) is 0.816. The summed E-state index contributed by atoms with van der Waals surface area (Å²) in [6.07, 6.45) is 0.664. The van der Waals surface area contributed by atoms with Crippen molar-refractivity contribution >= 4 is 11.8 Å². The first-order valence-electron chi connectivity index (χ1n) is 6.83.